The Morgan fingerprint density at radius 3 is 2.83 bits per heavy atom. The molecule has 1 fully saturated rings. The van der Waals surface area contributed by atoms with E-state index in [0.717, 1.165) is 12.8 Å². The molecule has 0 bridgehead atoms. The highest BCUT2D eigenvalue weighted by atomic mass is 32.2. The maximum Gasteiger partial charge on any atom is 0.274 e. The van der Waals surface area contributed by atoms with E-state index in [4.69, 9.17) is 14.9 Å². The van der Waals surface area contributed by atoms with E-state index >= 15 is 0 Å². The summed E-state index contributed by atoms with van der Waals surface area (Å²) in [6.07, 6.45) is 1.59. The average molecular weight is 274 g/mol. The first kappa shape index (κ1) is 13.5. The molecule has 102 valence electrons. The lowest BCUT2D eigenvalue weighted by Crippen LogP contribution is -2.51. The summed E-state index contributed by atoms with van der Waals surface area (Å²) in [5.74, 6) is 0.445. The van der Waals surface area contributed by atoms with Crippen LogP contribution in [0.3, 0.4) is 0 Å². The Hall–Kier alpha value is -0.890. The van der Waals surface area contributed by atoms with Crippen LogP contribution in [0.15, 0.2) is 21.6 Å². The van der Waals surface area contributed by atoms with E-state index in [2.05, 4.69) is 4.72 Å². The molecule has 1 aliphatic rings. The van der Waals surface area contributed by atoms with E-state index in [9.17, 15) is 8.42 Å². The summed E-state index contributed by atoms with van der Waals surface area (Å²) in [6.45, 7) is 3.05. The SMILES string of the molecule is CC1(NS(=O)(=O)c2ccc(CN)o2)CCCOC1. The van der Waals surface area contributed by atoms with E-state index in [-0.39, 0.29) is 11.6 Å². The second kappa shape index (κ2) is 5.00. The molecule has 0 amide bonds. The molecule has 0 radical (unpaired) electrons. The Morgan fingerprint density at radius 2 is 2.28 bits per heavy atom. The van der Waals surface area contributed by atoms with Gasteiger partial charge in [-0.3, -0.25) is 0 Å². The van der Waals surface area contributed by atoms with Crippen molar-refractivity contribution in [3.63, 3.8) is 0 Å². The van der Waals surface area contributed by atoms with E-state index in [1.54, 1.807) is 6.07 Å². The van der Waals surface area contributed by atoms with Crippen LogP contribution in [-0.4, -0.2) is 27.2 Å². The molecule has 2 rings (SSSR count). The summed E-state index contributed by atoms with van der Waals surface area (Å²) in [7, 11) is -3.66. The van der Waals surface area contributed by atoms with Crippen LogP contribution >= 0.6 is 0 Å². The average Bonchev–Trinajstić information content (AvgIpc) is 2.77. The van der Waals surface area contributed by atoms with Crippen molar-refractivity contribution in [1.82, 2.24) is 4.72 Å². The molecule has 0 aromatic carbocycles. The fraction of sp³-hybridized carbons (Fsp3) is 0.636. The highest BCUT2D eigenvalue weighted by Crippen LogP contribution is 2.22. The Kier molecular flexibility index (Phi) is 3.76. The lowest BCUT2D eigenvalue weighted by Gasteiger charge is -2.33. The molecule has 0 saturated carbocycles. The molecule has 3 N–H and O–H groups in total. The van der Waals surface area contributed by atoms with Crippen molar-refractivity contribution in [3.8, 4) is 0 Å². The molecule has 2 heterocycles. The molecular formula is C11H18N2O4S. The first-order valence-electron chi connectivity index (χ1n) is 5.86. The number of sulfonamides is 1. The van der Waals surface area contributed by atoms with Gasteiger partial charge in [-0.2, -0.15) is 0 Å². The summed E-state index contributed by atoms with van der Waals surface area (Å²) >= 11 is 0. The minimum atomic E-state index is -3.66. The molecular weight excluding hydrogens is 256 g/mol. The normalized spacial score (nSPS) is 25.2. The van der Waals surface area contributed by atoms with E-state index in [0.29, 0.717) is 19.0 Å². The van der Waals surface area contributed by atoms with Crippen LogP contribution < -0.4 is 10.5 Å². The van der Waals surface area contributed by atoms with E-state index in [1.165, 1.54) is 6.07 Å². The quantitative estimate of drug-likeness (QED) is 0.837. The van der Waals surface area contributed by atoms with Gasteiger partial charge in [0.05, 0.1) is 18.7 Å². The Bertz CT molecular complexity index is 503. The van der Waals surface area contributed by atoms with Crippen molar-refractivity contribution in [3.05, 3.63) is 17.9 Å². The first-order chi connectivity index (χ1) is 8.45. The molecule has 1 unspecified atom stereocenters. The van der Waals surface area contributed by atoms with Crippen molar-refractivity contribution in [1.29, 1.82) is 0 Å². The van der Waals surface area contributed by atoms with Crippen LogP contribution in [-0.2, 0) is 21.3 Å². The third-order valence-corrected chi connectivity index (χ3v) is 4.43. The zero-order valence-electron chi connectivity index (χ0n) is 10.3. The largest absolute Gasteiger partial charge is 0.447 e. The molecule has 0 spiro atoms. The van der Waals surface area contributed by atoms with E-state index < -0.39 is 15.6 Å². The van der Waals surface area contributed by atoms with Crippen LogP contribution in [0.2, 0.25) is 0 Å². The standard InChI is InChI=1S/C11H18N2O4S/c1-11(5-2-6-16-8-11)13-18(14,15)10-4-3-9(7-12)17-10/h3-4,13H,2,5-8,12H2,1H3. The van der Waals surface area contributed by atoms with Crippen molar-refractivity contribution < 1.29 is 17.6 Å². The number of rotatable bonds is 4. The van der Waals surface area contributed by atoms with Gasteiger partial charge in [0.2, 0.25) is 5.09 Å². The van der Waals surface area contributed by atoms with Gasteiger partial charge in [-0.1, -0.05) is 0 Å². The Balaban J connectivity index is 2.16. The first-order valence-corrected chi connectivity index (χ1v) is 7.34. The molecule has 0 aliphatic carbocycles. The van der Waals surface area contributed by atoms with Crippen LogP contribution in [0, 0.1) is 0 Å². The maximum absolute atomic E-state index is 12.1. The summed E-state index contributed by atoms with van der Waals surface area (Å²) in [6, 6.07) is 2.98. The maximum atomic E-state index is 12.1. The molecule has 1 saturated heterocycles. The van der Waals surface area contributed by atoms with Crippen LogP contribution in [0.25, 0.3) is 0 Å². The molecule has 1 aromatic heterocycles. The van der Waals surface area contributed by atoms with Gasteiger partial charge in [-0.05, 0) is 31.9 Å². The van der Waals surface area contributed by atoms with Crippen LogP contribution in [0.1, 0.15) is 25.5 Å². The highest BCUT2D eigenvalue weighted by Gasteiger charge is 2.34. The predicted octanol–water partition coefficient (Wildman–Crippen LogP) is 0.586. The van der Waals surface area contributed by atoms with Gasteiger partial charge < -0.3 is 14.9 Å². The number of furan rings is 1. The van der Waals surface area contributed by atoms with Gasteiger partial charge in [0.25, 0.3) is 10.0 Å². The minimum Gasteiger partial charge on any atom is -0.447 e. The lowest BCUT2D eigenvalue weighted by molar-refractivity contribution is 0.0385. The summed E-state index contributed by atoms with van der Waals surface area (Å²) in [5.41, 5.74) is 4.81. The summed E-state index contributed by atoms with van der Waals surface area (Å²) in [5, 5.41) is -0.102. The zero-order chi connectivity index (χ0) is 13.2. The highest BCUT2D eigenvalue weighted by molar-refractivity contribution is 7.89. The lowest BCUT2D eigenvalue weighted by atomic mass is 9.97. The second-order valence-electron chi connectivity index (χ2n) is 4.75. The predicted molar refractivity (Wildman–Crippen MR) is 65.4 cm³/mol. The van der Waals surface area contributed by atoms with Gasteiger partial charge in [0, 0.05) is 6.61 Å². The van der Waals surface area contributed by atoms with Crippen molar-refractivity contribution >= 4 is 10.0 Å². The Labute approximate surface area is 107 Å². The molecule has 1 aliphatic heterocycles. The Morgan fingerprint density at radius 1 is 1.50 bits per heavy atom. The fourth-order valence-corrected chi connectivity index (χ4v) is 3.38. The fourth-order valence-electron chi connectivity index (χ4n) is 2.00. The van der Waals surface area contributed by atoms with Gasteiger partial charge in [0.15, 0.2) is 0 Å². The van der Waals surface area contributed by atoms with Crippen LogP contribution in [0.5, 0.6) is 0 Å². The number of hydrogen-bond acceptors (Lipinski definition) is 5. The third-order valence-electron chi connectivity index (χ3n) is 2.92. The second-order valence-corrected chi connectivity index (χ2v) is 6.36. The molecule has 1 atom stereocenters. The van der Waals surface area contributed by atoms with Crippen molar-refractivity contribution in [2.24, 2.45) is 5.73 Å². The van der Waals surface area contributed by atoms with Crippen LogP contribution in [0.4, 0.5) is 0 Å². The van der Waals surface area contributed by atoms with Crippen molar-refractivity contribution in [2.75, 3.05) is 13.2 Å². The summed E-state index contributed by atoms with van der Waals surface area (Å²) in [4.78, 5) is 0. The number of ether oxygens (including phenoxy) is 1. The molecule has 6 nitrogen and oxygen atoms in total. The molecule has 18 heavy (non-hydrogen) atoms. The van der Waals surface area contributed by atoms with Gasteiger partial charge in [-0.15, -0.1) is 0 Å². The summed E-state index contributed by atoms with van der Waals surface area (Å²) < 4.78 is 37.4. The van der Waals surface area contributed by atoms with Gasteiger partial charge in [0.1, 0.15) is 5.76 Å². The third kappa shape index (κ3) is 2.92. The smallest absolute Gasteiger partial charge is 0.274 e. The molecule has 1 aromatic rings. The number of nitrogens with two attached hydrogens (primary N) is 1. The topological polar surface area (TPSA) is 94.6 Å². The number of hydrogen-bond donors (Lipinski definition) is 2. The zero-order valence-corrected chi connectivity index (χ0v) is 11.1. The van der Waals surface area contributed by atoms with Gasteiger partial charge in [-0.25, -0.2) is 13.1 Å². The van der Waals surface area contributed by atoms with E-state index in [1.807, 2.05) is 6.92 Å². The molecule has 7 heteroatoms. The number of nitrogens with one attached hydrogen (secondary N) is 1. The van der Waals surface area contributed by atoms with Gasteiger partial charge >= 0.3 is 0 Å². The van der Waals surface area contributed by atoms with Crippen molar-refractivity contribution in [2.45, 2.75) is 36.9 Å². The monoisotopic (exact) mass is 274 g/mol. The minimum absolute atomic E-state index is 0.102.